The van der Waals surface area contributed by atoms with Crippen molar-refractivity contribution in [1.82, 2.24) is 14.8 Å². The molecule has 0 spiro atoms. The SMILES string of the molecule is CC1CN(C(=O)c2cccnc2)CCN1Cc1ccccc1. The Bertz CT molecular complexity index is 615. The molecular formula is C18H21N3O. The molecule has 1 unspecified atom stereocenters. The molecule has 0 bridgehead atoms. The van der Waals surface area contributed by atoms with Gasteiger partial charge >= 0.3 is 0 Å². The summed E-state index contributed by atoms with van der Waals surface area (Å²) in [7, 11) is 0. The van der Waals surface area contributed by atoms with Gasteiger partial charge in [-0.15, -0.1) is 0 Å². The lowest BCUT2D eigenvalue weighted by atomic mass is 10.1. The van der Waals surface area contributed by atoms with Gasteiger partial charge in [0.2, 0.25) is 0 Å². The molecule has 1 aliphatic heterocycles. The summed E-state index contributed by atoms with van der Waals surface area (Å²) < 4.78 is 0. The minimum atomic E-state index is 0.0827. The Labute approximate surface area is 131 Å². The smallest absolute Gasteiger partial charge is 0.255 e. The Hall–Kier alpha value is -2.20. The minimum Gasteiger partial charge on any atom is -0.336 e. The van der Waals surface area contributed by atoms with Crippen LogP contribution in [0.3, 0.4) is 0 Å². The standard InChI is InChI=1S/C18H21N3O/c1-15-13-21(18(22)17-8-5-9-19-12-17)11-10-20(15)14-16-6-3-2-4-7-16/h2-9,12,15H,10-11,13-14H2,1H3. The highest BCUT2D eigenvalue weighted by atomic mass is 16.2. The Kier molecular flexibility index (Phi) is 4.49. The second-order valence-corrected chi connectivity index (χ2v) is 5.80. The zero-order valence-electron chi connectivity index (χ0n) is 12.9. The van der Waals surface area contributed by atoms with Gasteiger partial charge in [-0.1, -0.05) is 30.3 Å². The third-order valence-corrected chi connectivity index (χ3v) is 4.19. The Morgan fingerprint density at radius 3 is 2.68 bits per heavy atom. The lowest BCUT2D eigenvalue weighted by Crippen LogP contribution is -2.53. The van der Waals surface area contributed by atoms with Crippen molar-refractivity contribution in [3.63, 3.8) is 0 Å². The van der Waals surface area contributed by atoms with E-state index in [1.165, 1.54) is 5.56 Å². The van der Waals surface area contributed by atoms with Crippen molar-refractivity contribution in [1.29, 1.82) is 0 Å². The van der Waals surface area contributed by atoms with Crippen LogP contribution in [0, 0.1) is 0 Å². The van der Waals surface area contributed by atoms with Crippen LogP contribution in [0.5, 0.6) is 0 Å². The molecule has 4 heteroatoms. The van der Waals surface area contributed by atoms with Crippen molar-refractivity contribution in [2.75, 3.05) is 19.6 Å². The topological polar surface area (TPSA) is 36.4 Å². The molecule has 22 heavy (non-hydrogen) atoms. The molecule has 3 rings (SSSR count). The third kappa shape index (κ3) is 3.34. The van der Waals surface area contributed by atoms with E-state index >= 15 is 0 Å². The van der Waals surface area contributed by atoms with E-state index in [0.29, 0.717) is 11.6 Å². The maximum Gasteiger partial charge on any atom is 0.255 e. The zero-order valence-corrected chi connectivity index (χ0v) is 12.9. The summed E-state index contributed by atoms with van der Waals surface area (Å²) in [5.74, 6) is 0.0827. The van der Waals surface area contributed by atoms with Gasteiger partial charge in [0.1, 0.15) is 0 Å². The van der Waals surface area contributed by atoms with E-state index < -0.39 is 0 Å². The molecule has 4 nitrogen and oxygen atoms in total. The largest absolute Gasteiger partial charge is 0.336 e. The van der Waals surface area contributed by atoms with E-state index in [9.17, 15) is 4.79 Å². The summed E-state index contributed by atoms with van der Waals surface area (Å²) in [6.45, 7) is 5.57. The highest BCUT2D eigenvalue weighted by Crippen LogP contribution is 2.15. The van der Waals surface area contributed by atoms with Crippen LogP contribution in [-0.4, -0.2) is 46.4 Å². The van der Waals surface area contributed by atoms with Crippen LogP contribution in [0.15, 0.2) is 54.9 Å². The van der Waals surface area contributed by atoms with Gasteiger partial charge in [0.25, 0.3) is 5.91 Å². The number of nitrogens with zero attached hydrogens (tertiary/aromatic N) is 3. The third-order valence-electron chi connectivity index (χ3n) is 4.19. The van der Waals surface area contributed by atoms with Gasteiger partial charge in [-0.3, -0.25) is 14.7 Å². The first-order valence-electron chi connectivity index (χ1n) is 7.71. The molecule has 0 saturated carbocycles. The first-order chi connectivity index (χ1) is 10.7. The molecular weight excluding hydrogens is 274 g/mol. The summed E-state index contributed by atoms with van der Waals surface area (Å²) >= 11 is 0. The van der Waals surface area contributed by atoms with Gasteiger partial charge in [-0.05, 0) is 24.6 Å². The number of hydrogen-bond donors (Lipinski definition) is 0. The second-order valence-electron chi connectivity index (χ2n) is 5.80. The highest BCUT2D eigenvalue weighted by Gasteiger charge is 2.27. The van der Waals surface area contributed by atoms with Gasteiger partial charge in [-0.2, -0.15) is 0 Å². The fourth-order valence-electron chi connectivity index (χ4n) is 2.90. The number of aromatic nitrogens is 1. The van der Waals surface area contributed by atoms with Crippen LogP contribution in [0.2, 0.25) is 0 Å². The lowest BCUT2D eigenvalue weighted by molar-refractivity contribution is 0.0495. The molecule has 1 fully saturated rings. The Morgan fingerprint density at radius 2 is 2.00 bits per heavy atom. The maximum atomic E-state index is 12.5. The first-order valence-corrected chi connectivity index (χ1v) is 7.71. The van der Waals surface area contributed by atoms with Crippen LogP contribution < -0.4 is 0 Å². The quantitative estimate of drug-likeness (QED) is 0.872. The summed E-state index contributed by atoms with van der Waals surface area (Å²) in [5, 5.41) is 0. The number of hydrogen-bond acceptors (Lipinski definition) is 3. The van der Waals surface area contributed by atoms with Crippen molar-refractivity contribution < 1.29 is 4.79 Å². The molecule has 1 aliphatic rings. The van der Waals surface area contributed by atoms with Crippen molar-refractivity contribution >= 4 is 5.91 Å². The summed E-state index contributed by atoms with van der Waals surface area (Å²) in [4.78, 5) is 20.9. The van der Waals surface area contributed by atoms with E-state index in [1.807, 2.05) is 23.1 Å². The number of benzene rings is 1. The number of carbonyl (C=O) groups is 1. The van der Waals surface area contributed by atoms with Crippen LogP contribution >= 0.6 is 0 Å². The molecule has 2 aromatic rings. The predicted molar refractivity (Wildman–Crippen MR) is 86.5 cm³/mol. The van der Waals surface area contributed by atoms with Gasteiger partial charge in [-0.25, -0.2) is 0 Å². The minimum absolute atomic E-state index is 0.0827. The molecule has 0 aliphatic carbocycles. The highest BCUT2D eigenvalue weighted by molar-refractivity contribution is 5.93. The molecule has 0 radical (unpaired) electrons. The van der Waals surface area contributed by atoms with Crippen molar-refractivity contribution in [3.8, 4) is 0 Å². The molecule has 1 amide bonds. The summed E-state index contributed by atoms with van der Waals surface area (Å²) in [6.07, 6.45) is 3.33. The number of pyridine rings is 1. The molecule has 0 N–H and O–H groups in total. The van der Waals surface area contributed by atoms with Gasteiger partial charge < -0.3 is 4.90 Å². The number of amides is 1. The van der Waals surface area contributed by atoms with E-state index in [-0.39, 0.29) is 5.91 Å². The van der Waals surface area contributed by atoms with E-state index in [2.05, 4.69) is 41.1 Å². The van der Waals surface area contributed by atoms with Crippen LogP contribution in [0.25, 0.3) is 0 Å². The van der Waals surface area contributed by atoms with Crippen molar-refractivity contribution in [3.05, 3.63) is 66.0 Å². The average molecular weight is 295 g/mol. The maximum absolute atomic E-state index is 12.5. The van der Waals surface area contributed by atoms with Crippen LogP contribution in [0.1, 0.15) is 22.8 Å². The molecule has 1 saturated heterocycles. The van der Waals surface area contributed by atoms with E-state index in [0.717, 1.165) is 26.2 Å². The molecule has 1 atom stereocenters. The average Bonchev–Trinajstić information content (AvgIpc) is 2.58. The fourth-order valence-corrected chi connectivity index (χ4v) is 2.90. The van der Waals surface area contributed by atoms with Gasteiger partial charge in [0.05, 0.1) is 5.56 Å². The monoisotopic (exact) mass is 295 g/mol. The number of rotatable bonds is 3. The van der Waals surface area contributed by atoms with Crippen molar-refractivity contribution in [2.45, 2.75) is 19.5 Å². The second kappa shape index (κ2) is 6.71. The van der Waals surface area contributed by atoms with Crippen LogP contribution in [-0.2, 0) is 6.54 Å². The Morgan fingerprint density at radius 1 is 1.18 bits per heavy atom. The van der Waals surface area contributed by atoms with Crippen molar-refractivity contribution in [2.24, 2.45) is 0 Å². The number of piperazine rings is 1. The normalized spacial score (nSPS) is 19.1. The molecule has 1 aromatic heterocycles. The summed E-state index contributed by atoms with van der Waals surface area (Å²) in [6, 6.07) is 14.5. The first kappa shape index (κ1) is 14.7. The van der Waals surface area contributed by atoms with E-state index in [4.69, 9.17) is 0 Å². The molecule has 2 heterocycles. The lowest BCUT2D eigenvalue weighted by Gasteiger charge is -2.40. The van der Waals surface area contributed by atoms with Gasteiger partial charge in [0.15, 0.2) is 0 Å². The fraction of sp³-hybridized carbons (Fsp3) is 0.333. The molecule has 1 aromatic carbocycles. The Balaban J connectivity index is 1.61. The zero-order chi connectivity index (χ0) is 15.4. The predicted octanol–water partition coefficient (Wildman–Crippen LogP) is 2.43. The summed E-state index contributed by atoms with van der Waals surface area (Å²) in [5.41, 5.74) is 1.99. The number of carbonyl (C=O) groups excluding carboxylic acids is 1. The van der Waals surface area contributed by atoms with Crippen LogP contribution in [0.4, 0.5) is 0 Å². The molecule has 114 valence electrons. The van der Waals surface area contributed by atoms with E-state index in [1.54, 1.807) is 12.4 Å². The van der Waals surface area contributed by atoms with Gasteiger partial charge in [0, 0.05) is 44.6 Å².